The number of rotatable bonds is 2. The Balaban J connectivity index is 0.000000550. The summed E-state index contributed by atoms with van der Waals surface area (Å²) in [6.45, 7) is 4.29. The monoisotopic (exact) mass is 319 g/mol. The molecule has 1 amide bonds. The first-order valence-electron chi connectivity index (χ1n) is 6.13. The summed E-state index contributed by atoms with van der Waals surface area (Å²) in [5, 5.41) is 0. The van der Waals surface area contributed by atoms with Crippen molar-refractivity contribution in [2.45, 2.75) is 20.3 Å². The third-order valence-corrected chi connectivity index (χ3v) is 3.69. The lowest BCUT2D eigenvalue weighted by Crippen LogP contribution is -1.84. The van der Waals surface area contributed by atoms with Gasteiger partial charge in [0.25, 0.3) is 0 Å². The number of nitrogens with two attached hydrogens (primary N) is 1. The number of amides is 1. The Labute approximate surface area is 122 Å². The van der Waals surface area contributed by atoms with Crippen LogP contribution in [0, 0.1) is 6.92 Å². The average Bonchev–Trinajstić information content (AvgIpc) is 2.43. The Morgan fingerprint density at radius 3 is 2.37 bits per heavy atom. The van der Waals surface area contributed by atoms with E-state index in [1.807, 2.05) is 0 Å². The predicted octanol–water partition coefficient (Wildman–Crippen LogP) is 4.09. The topological polar surface area (TPSA) is 43.1 Å². The van der Waals surface area contributed by atoms with E-state index >= 15 is 0 Å². The largest absolute Gasteiger partial charge is 0.372 e. The summed E-state index contributed by atoms with van der Waals surface area (Å²) < 4.78 is 1.17. The molecule has 0 heterocycles. The van der Waals surface area contributed by atoms with Gasteiger partial charge in [-0.3, -0.25) is 4.79 Å². The molecule has 0 radical (unpaired) electrons. The third-order valence-electron chi connectivity index (χ3n) is 2.84. The maximum Gasteiger partial charge on any atom is 0.204 e. The van der Waals surface area contributed by atoms with Crippen molar-refractivity contribution in [1.82, 2.24) is 0 Å². The van der Waals surface area contributed by atoms with Gasteiger partial charge in [-0.15, -0.1) is 0 Å². The van der Waals surface area contributed by atoms with Crippen LogP contribution in [0.1, 0.15) is 18.1 Å². The minimum Gasteiger partial charge on any atom is -0.372 e. The quantitative estimate of drug-likeness (QED) is 0.832. The zero-order valence-electron chi connectivity index (χ0n) is 11.2. The highest BCUT2D eigenvalue weighted by Gasteiger charge is 2.01. The number of primary amides is 1. The van der Waals surface area contributed by atoms with Crippen molar-refractivity contribution < 1.29 is 4.79 Å². The number of carbonyl (C=O) groups excluding carboxylic acids is 1. The zero-order valence-corrected chi connectivity index (χ0v) is 12.8. The average molecular weight is 320 g/mol. The van der Waals surface area contributed by atoms with Crippen molar-refractivity contribution in [1.29, 1.82) is 0 Å². The zero-order chi connectivity index (χ0) is 14.3. The van der Waals surface area contributed by atoms with Gasteiger partial charge in [0.2, 0.25) is 6.41 Å². The molecule has 0 bridgehead atoms. The molecule has 3 heteroatoms. The first kappa shape index (κ1) is 15.4. The highest BCUT2D eigenvalue weighted by Crippen LogP contribution is 2.26. The molecule has 0 saturated heterocycles. The second kappa shape index (κ2) is 7.74. The standard InChI is InChI=1S/C15H15Br.CH3NO/c1-3-12-5-4-6-13(9-12)14-8-7-11(2)15(16)10-14;2-1-3/h4-10H,3H2,1-2H3;1H,(H2,2,3). The van der Waals surface area contributed by atoms with E-state index in [1.165, 1.54) is 26.7 Å². The molecule has 0 aliphatic heterocycles. The molecular formula is C16H18BrNO. The summed E-state index contributed by atoms with van der Waals surface area (Å²) >= 11 is 3.58. The number of carbonyl (C=O) groups is 1. The molecule has 2 nitrogen and oxygen atoms in total. The molecule has 0 fully saturated rings. The van der Waals surface area contributed by atoms with E-state index in [2.05, 4.69) is 78.0 Å². The number of halogens is 1. The van der Waals surface area contributed by atoms with Gasteiger partial charge in [-0.1, -0.05) is 59.3 Å². The van der Waals surface area contributed by atoms with Crippen LogP contribution in [-0.4, -0.2) is 6.41 Å². The van der Waals surface area contributed by atoms with Crippen LogP contribution < -0.4 is 5.73 Å². The van der Waals surface area contributed by atoms with E-state index < -0.39 is 0 Å². The highest BCUT2D eigenvalue weighted by molar-refractivity contribution is 9.10. The fourth-order valence-electron chi connectivity index (χ4n) is 1.74. The van der Waals surface area contributed by atoms with Crippen LogP contribution in [0.15, 0.2) is 46.9 Å². The van der Waals surface area contributed by atoms with Crippen LogP contribution in [0.25, 0.3) is 11.1 Å². The molecule has 2 rings (SSSR count). The normalized spacial score (nSPS) is 9.42. The summed E-state index contributed by atoms with van der Waals surface area (Å²) in [6.07, 6.45) is 1.33. The molecule has 0 saturated carbocycles. The van der Waals surface area contributed by atoms with Gasteiger partial charge in [-0.25, -0.2) is 0 Å². The molecule has 2 N–H and O–H groups in total. The van der Waals surface area contributed by atoms with Crippen molar-refractivity contribution in [3.63, 3.8) is 0 Å². The molecule has 0 spiro atoms. The maximum absolute atomic E-state index is 8.58. The Morgan fingerprint density at radius 2 is 1.79 bits per heavy atom. The maximum atomic E-state index is 8.58. The van der Waals surface area contributed by atoms with Crippen LogP contribution in [-0.2, 0) is 11.2 Å². The van der Waals surface area contributed by atoms with E-state index in [-0.39, 0.29) is 6.41 Å². The van der Waals surface area contributed by atoms with Gasteiger partial charge >= 0.3 is 0 Å². The van der Waals surface area contributed by atoms with E-state index in [0.29, 0.717) is 0 Å². The minimum absolute atomic E-state index is 0.250. The van der Waals surface area contributed by atoms with Gasteiger partial charge in [0.05, 0.1) is 0 Å². The number of hydrogen-bond donors (Lipinski definition) is 1. The van der Waals surface area contributed by atoms with Crippen molar-refractivity contribution in [3.8, 4) is 11.1 Å². The number of benzene rings is 2. The van der Waals surface area contributed by atoms with Crippen LogP contribution >= 0.6 is 15.9 Å². The molecule has 100 valence electrons. The van der Waals surface area contributed by atoms with Crippen molar-refractivity contribution >= 4 is 22.3 Å². The van der Waals surface area contributed by atoms with Crippen molar-refractivity contribution in [2.24, 2.45) is 5.73 Å². The summed E-state index contributed by atoms with van der Waals surface area (Å²) in [4.78, 5) is 8.58. The molecule has 0 aliphatic carbocycles. The molecule has 2 aromatic rings. The Kier molecular flexibility index (Phi) is 6.30. The predicted molar refractivity (Wildman–Crippen MR) is 83.9 cm³/mol. The van der Waals surface area contributed by atoms with E-state index in [1.54, 1.807) is 0 Å². The third kappa shape index (κ3) is 4.52. The second-order valence-corrected chi connectivity index (χ2v) is 5.01. The van der Waals surface area contributed by atoms with Crippen LogP contribution in [0.4, 0.5) is 0 Å². The number of hydrogen-bond acceptors (Lipinski definition) is 1. The molecule has 19 heavy (non-hydrogen) atoms. The lowest BCUT2D eigenvalue weighted by Gasteiger charge is -2.06. The van der Waals surface area contributed by atoms with Crippen molar-refractivity contribution in [2.75, 3.05) is 0 Å². The summed E-state index contributed by atoms with van der Waals surface area (Å²) in [5.41, 5.74) is 9.39. The summed E-state index contributed by atoms with van der Waals surface area (Å²) in [5.74, 6) is 0. The van der Waals surface area contributed by atoms with E-state index in [0.717, 1.165) is 6.42 Å². The van der Waals surface area contributed by atoms with Crippen molar-refractivity contribution in [3.05, 3.63) is 58.1 Å². The summed E-state index contributed by atoms with van der Waals surface area (Å²) in [7, 11) is 0. The Hall–Kier alpha value is -1.61. The minimum atomic E-state index is 0.250. The van der Waals surface area contributed by atoms with E-state index in [4.69, 9.17) is 4.79 Å². The Morgan fingerprint density at radius 1 is 1.16 bits per heavy atom. The smallest absolute Gasteiger partial charge is 0.204 e. The first-order valence-corrected chi connectivity index (χ1v) is 6.92. The number of aryl methyl sites for hydroxylation is 2. The lowest BCUT2D eigenvalue weighted by molar-refractivity contribution is -0.106. The molecule has 0 atom stereocenters. The highest BCUT2D eigenvalue weighted by atomic mass is 79.9. The fraction of sp³-hybridized carbons (Fsp3) is 0.188. The van der Waals surface area contributed by atoms with Gasteiger partial charge < -0.3 is 5.73 Å². The Bertz CT molecular complexity index is 552. The first-order chi connectivity index (χ1) is 9.12. The van der Waals surface area contributed by atoms with Gasteiger partial charge in [-0.2, -0.15) is 0 Å². The molecule has 2 aromatic carbocycles. The lowest BCUT2D eigenvalue weighted by atomic mass is 10.0. The van der Waals surface area contributed by atoms with E-state index in [9.17, 15) is 0 Å². The molecule has 0 aliphatic rings. The molecule has 0 aromatic heterocycles. The summed E-state index contributed by atoms with van der Waals surface area (Å²) in [6, 6.07) is 15.2. The van der Waals surface area contributed by atoms with Gasteiger partial charge in [0.15, 0.2) is 0 Å². The SMILES string of the molecule is CCc1cccc(-c2ccc(C)c(Br)c2)c1.NC=O. The van der Waals surface area contributed by atoms with Crippen LogP contribution in [0.2, 0.25) is 0 Å². The van der Waals surface area contributed by atoms with Crippen LogP contribution in [0.5, 0.6) is 0 Å². The second-order valence-electron chi connectivity index (χ2n) is 4.15. The van der Waals surface area contributed by atoms with Gasteiger partial charge in [-0.05, 0) is 41.7 Å². The van der Waals surface area contributed by atoms with Crippen LogP contribution in [0.3, 0.4) is 0 Å². The molecular weight excluding hydrogens is 302 g/mol. The molecule has 0 unspecified atom stereocenters. The fourth-order valence-corrected chi connectivity index (χ4v) is 2.12. The van der Waals surface area contributed by atoms with Gasteiger partial charge in [0.1, 0.15) is 0 Å². The van der Waals surface area contributed by atoms with Gasteiger partial charge in [0, 0.05) is 4.47 Å².